The van der Waals surface area contributed by atoms with Crippen LogP contribution in [0.25, 0.3) is 5.82 Å². The van der Waals surface area contributed by atoms with Gasteiger partial charge in [0.25, 0.3) is 0 Å². The van der Waals surface area contributed by atoms with Gasteiger partial charge in [-0.05, 0) is 53.2 Å². The molecule has 2 aromatic rings. The van der Waals surface area contributed by atoms with Crippen LogP contribution in [0.4, 0.5) is 0 Å². The van der Waals surface area contributed by atoms with Crippen molar-refractivity contribution >= 4 is 5.96 Å². The first-order valence-corrected chi connectivity index (χ1v) is 10.2. The number of aliphatic imine (C=N–C) groups is 1. The number of aromatic nitrogens is 3. The first-order chi connectivity index (χ1) is 13.4. The number of imidazole rings is 1. The highest BCUT2D eigenvalue weighted by Gasteiger charge is 2.12. The maximum atomic E-state index is 4.70. The summed E-state index contributed by atoms with van der Waals surface area (Å²) < 4.78 is 1.97. The van der Waals surface area contributed by atoms with Gasteiger partial charge < -0.3 is 10.6 Å². The Morgan fingerprint density at radius 3 is 2.43 bits per heavy atom. The second-order valence-corrected chi connectivity index (χ2v) is 7.42. The van der Waals surface area contributed by atoms with Crippen molar-refractivity contribution in [3.63, 3.8) is 0 Å². The molecule has 0 aliphatic carbocycles. The molecule has 154 valence electrons. The minimum absolute atomic E-state index is 0.532. The van der Waals surface area contributed by atoms with E-state index >= 15 is 0 Å². The number of pyridine rings is 1. The molecule has 28 heavy (non-hydrogen) atoms. The highest BCUT2D eigenvalue weighted by atomic mass is 15.2. The molecule has 0 radical (unpaired) electrons. The Morgan fingerprint density at radius 2 is 1.89 bits per heavy atom. The second kappa shape index (κ2) is 10.8. The normalized spacial score (nSPS) is 12.2. The molecule has 2 N–H and O–H groups in total. The smallest absolute Gasteiger partial charge is 0.191 e. The van der Waals surface area contributed by atoms with Crippen molar-refractivity contribution in [3.8, 4) is 5.82 Å². The van der Waals surface area contributed by atoms with Gasteiger partial charge in [0.05, 0.1) is 6.54 Å². The predicted octanol–water partition coefficient (Wildman–Crippen LogP) is 2.75. The number of nitrogens with one attached hydrogen (secondary N) is 2. The van der Waals surface area contributed by atoms with Crippen LogP contribution in [0.3, 0.4) is 0 Å². The number of rotatable bonds is 9. The zero-order valence-electron chi connectivity index (χ0n) is 18.1. The molecule has 7 heteroatoms. The first kappa shape index (κ1) is 21.9. The van der Waals surface area contributed by atoms with Crippen LogP contribution < -0.4 is 10.6 Å². The number of aryl methyl sites for hydroxylation is 1. The van der Waals surface area contributed by atoms with Gasteiger partial charge in [-0.25, -0.2) is 15.0 Å². The van der Waals surface area contributed by atoms with Crippen LogP contribution in [0.1, 0.15) is 46.0 Å². The minimum Gasteiger partial charge on any atom is -0.357 e. The molecule has 0 bridgehead atoms. The van der Waals surface area contributed by atoms with E-state index in [0.717, 1.165) is 42.8 Å². The number of nitrogens with zero attached hydrogens (tertiary/aromatic N) is 5. The van der Waals surface area contributed by atoms with Gasteiger partial charge in [0, 0.05) is 50.3 Å². The van der Waals surface area contributed by atoms with Gasteiger partial charge >= 0.3 is 0 Å². The van der Waals surface area contributed by atoms with E-state index in [9.17, 15) is 0 Å². The average molecular weight is 386 g/mol. The van der Waals surface area contributed by atoms with Gasteiger partial charge in [0.2, 0.25) is 0 Å². The van der Waals surface area contributed by atoms with Crippen molar-refractivity contribution in [1.29, 1.82) is 0 Å². The molecule has 7 nitrogen and oxygen atoms in total. The Morgan fingerprint density at radius 1 is 1.14 bits per heavy atom. The summed E-state index contributed by atoms with van der Waals surface area (Å²) in [6, 6.07) is 5.13. The van der Waals surface area contributed by atoms with Crippen LogP contribution in [0.15, 0.2) is 35.7 Å². The van der Waals surface area contributed by atoms with E-state index in [-0.39, 0.29) is 0 Å². The summed E-state index contributed by atoms with van der Waals surface area (Å²) in [6.07, 6.45) is 5.57. The van der Waals surface area contributed by atoms with Crippen LogP contribution in [0.5, 0.6) is 0 Å². The molecule has 0 atom stereocenters. The Balaban J connectivity index is 1.93. The summed E-state index contributed by atoms with van der Waals surface area (Å²) in [5, 5.41) is 6.75. The molecule has 0 aliphatic heterocycles. The van der Waals surface area contributed by atoms with Gasteiger partial charge in [0.15, 0.2) is 5.96 Å². The molecule has 2 aromatic heterocycles. The average Bonchev–Trinajstić information content (AvgIpc) is 3.08. The van der Waals surface area contributed by atoms with E-state index in [1.165, 1.54) is 0 Å². The number of guanidine groups is 1. The Labute approximate surface area is 169 Å². The largest absolute Gasteiger partial charge is 0.357 e. The molecule has 0 aromatic carbocycles. The molecule has 0 spiro atoms. The fourth-order valence-corrected chi connectivity index (χ4v) is 3.20. The molecule has 2 heterocycles. The lowest BCUT2D eigenvalue weighted by molar-refractivity contribution is 0.178. The first-order valence-electron chi connectivity index (χ1n) is 10.2. The van der Waals surface area contributed by atoms with E-state index in [4.69, 9.17) is 4.99 Å². The Hall–Kier alpha value is -2.41. The van der Waals surface area contributed by atoms with Crippen LogP contribution in [0, 0.1) is 6.92 Å². The third-order valence-electron chi connectivity index (χ3n) is 4.63. The fraction of sp³-hybridized carbons (Fsp3) is 0.571. The van der Waals surface area contributed by atoms with Crippen LogP contribution >= 0.6 is 0 Å². The van der Waals surface area contributed by atoms with E-state index < -0.39 is 0 Å². The van der Waals surface area contributed by atoms with E-state index in [1.54, 1.807) is 6.20 Å². The molecule has 0 amide bonds. The van der Waals surface area contributed by atoms with Gasteiger partial charge in [0.1, 0.15) is 11.6 Å². The lowest BCUT2D eigenvalue weighted by Crippen LogP contribution is -2.45. The standard InChI is InChI=1S/C21H35N7/c1-7-22-21(24-11-12-27(16(2)3)17(4)5)26-15-19-8-9-20(25-14-19)28-13-10-23-18(28)6/h8-10,13-14,16-17H,7,11-12,15H2,1-6H3,(H2,22,24,26). The van der Waals surface area contributed by atoms with Crippen LogP contribution in [0.2, 0.25) is 0 Å². The minimum atomic E-state index is 0.532. The number of hydrogen-bond acceptors (Lipinski definition) is 4. The SMILES string of the molecule is CCNC(=NCc1ccc(-n2ccnc2C)nc1)NCCN(C(C)C)C(C)C. The second-order valence-electron chi connectivity index (χ2n) is 7.42. The third-order valence-corrected chi connectivity index (χ3v) is 4.63. The summed E-state index contributed by atoms with van der Waals surface area (Å²) >= 11 is 0. The zero-order valence-corrected chi connectivity index (χ0v) is 18.1. The summed E-state index contributed by atoms with van der Waals surface area (Å²) in [4.78, 5) is 15.9. The van der Waals surface area contributed by atoms with Gasteiger partial charge in [-0.15, -0.1) is 0 Å². The molecule has 0 saturated carbocycles. The zero-order chi connectivity index (χ0) is 20.5. The maximum absolute atomic E-state index is 4.70. The van der Waals surface area contributed by atoms with Gasteiger partial charge in [-0.2, -0.15) is 0 Å². The summed E-state index contributed by atoms with van der Waals surface area (Å²) in [7, 11) is 0. The highest BCUT2D eigenvalue weighted by Crippen LogP contribution is 2.09. The topological polar surface area (TPSA) is 70.4 Å². The van der Waals surface area contributed by atoms with Crippen molar-refractivity contribution < 1.29 is 0 Å². The van der Waals surface area contributed by atoms with Crippen LogP contribution in [-0.2, 0) is 6.54 Å². The molecule has 2 rings (SSSR count). The van der Waals surface area contributed by atoms with E-state index in [1.807, 2.05) is 30.0 Å². The number of hydrogen-bond donors (Lipinski definition) is 2. The predicted molar refractivity (Wildman–Crippen MR) is 116 cm³/mol. The van der Waals surface area contributed by atoms with E-state index in [2.05, 4.69) is 66.2 Å². The van der Waals surface area contributed by atoms with E-state index in [0.29, 0.717) is 18.6 Å². The molecule has 0 saturated heterocycles. The summed E-state index contributed by atoms with van der Waals surface area (Å²) in [6.45, 7) is 16.3. The molecule has 0 aliphatic rings. The van der Waals surface area contributed by atoms with Crippen LogP contribution in [-0.4, -0.2) is 57.1 Å². The molecule has 0 unspecified atom stereocenters. The third kappa shape index (κ3) is 6.34. The summed E-state index contributed by atoms with van der Waals surface area (Å²) in [5.41, 5.74) is 1.07. The fourth-order valence-electron chi connectivity index (χ4n) is 3.20. The van der Waals surface area contributed by atoms with Crippen molar-refractivity contribution in [2.24, 2.45) is 4.99 Å². The summed E-state index contributed by atoms with van der Waals surface area (Å²) in [5.74, 6) is 2.63. The van der Waals surface area contributed by atoms with Crippen molar-refractivity contribution in [2.75, 3.05) is 19.6 Å². The van der Waals surface area contributed by atoms with Crippen molar-refractivity contribution in [2.45, 2.75) is 60.2 Å². The van der Waals surface area contributed by atoms with Crippen molar-refractivity contribution in [3.05, 3.63) is 42.1 Å². The molecule has 0 fully saturated rings. The highest BCUT2D eigenvalue weighted by molar-refractivity contribution is 5.79. The lowest BCUT2D eigenvalue weighted by Gasteiger charge is -2.30. The van der Waals surface area contributed by atoms with Gasteiger partial charge in [-0.3, -0.25) is 9.47 Å². The quantitative estimate of drug-likeness (QED) is 0.513. The Kier molecular flexibility index (Phi) is 8.44. The molecular weight excluding hydrogens is 350 g/mol. The maximum Gasteiger partial charge on any atom is 0.191 e. The Bertz CT molecular complexity index is 723. The monoisotopic (exact) mass is 385 g/mol. The lowest BCUT2D eigenvalue weighted by atomic mass is 10.2. The van der Waals surface area contributed by atoms with Crippen molar-refractivity contribution in [1.82, 2.24) is 30.1 Å². The molecular formula is C21H35N7. The van der Waals surface area contributed by atoms with Gasteiger partial charge in [-0.1, -0.05) is 6.07 Å².